The number of hydrogen-bond donors (Lipinski definition) is 0. The molecule has 1 aliphatic carbocycles. The van der Waals surface area contributed by atoms with E-state index in [4.69, 9.17) is 0 Å². The van der Waals surface area contributed by atoms with Crippen LogP contribution in [0.15, 0.2) is 0 Å². The van der Waals surface area contributed by atoms with Gasteiger partial charge in [0.25, 0.3) is 0 Å². The predicted octanol–water partition coefficient (Wildman–Crippen LogP) is 3.37. The molecule has 0 aromatic rings. The van der Waals surface area contributed by atoms with E-state index in [0.29, 0.717) is 0 Å². The zero-order chi connectivity index (χ0) is 10.6. The molecular weight excluding hydrogens is 263 g/mol. The van der Waals surface area contributed by atoms with Crippen molar-refractivity contribution in [3.63, 3.8) is 0 Å². The van der Waals surface area contributed by atoms with E-state index in [1.165, 1.54) is 32.1 Å². The molecule has 1 saturated heterocycles. The molecule has 0 unspecified atom stereocenters. The molecule has 0 spiro atoms. The molecule has 1 radical (unpaired) electrons. The van der Waals surface area contributed by atoms with E-state index in [0.717, 1.165) is 25.8 Å². The van der Waals surface area contributed by atoms with Gasteiger partial charge in [-0.2, -0.15) is 6.42 Å². The van der Waals surface area contributed by atoms with Gasteiger partial charge in [0, 0.05) is 32.7 Å². The van der Waals surface area contributed by atoms with Crippen molar-refractivity contribution in [2.24, 2.45) is 0 Å². The van der Waals surface area contributed by atoms with E-state index < -0.39 is 0 Å². The molecule has 1 amide bonds. The zero-order valence-electron chi connectivity index (χ0n) is 10.2. The van der Waals surface area contributed by atoms with Gasteiger partial charge in [0.2, 0.25) is 0 Å². The Kier molecular flexibility index (Phi) is 17.4. The van der Waals surface area contributed by atoms with Crippen LogP contribution in [0.5, 0.6) is 0 Å². The molecule has 2 aliphatic rings. The van der Waals surface area contributed by atoms with Crippen LogP contribution in [-0.4, -0.2) is 17.9 Å². The Morgan fingerprint density at radius 2 is 1.67 bits per heavy atom. The van der Waals surface area contributed by atoms with Gasteiger partial charge in [0.15, 0.2) is 6.41 Å². The summed E-state index contributed by atoms with van der Waals surface area (Å²) in [5, 5.41) is 0. The minimum Gasteiger partial charge on any atom is -0.496 e. The van der Waals surface area contributed by atoms with Gasteiger partial charge in [-0.25, -0.2) is 6.54 Å². The molecule has 2 rings (SSSR count). The molecule has 0 aromatic heterocycles. The molecule has 2 fully saturated rings. The number of amides is 1. The van der Waals surface area contributed by atoms with Gasteiger partial charge in [0.05, 0.1) is 0 Å². The van der Waals surface area contributed by atoms with Gasteiger partial charge in [-0.3, -0.25) is 4.79 Å². The molecule has 2 nitrogen and oxygen atoms in total. The fourth-order valence-electron chi connectivity index (χ4n) is 0.718. The van der Waals surface area contributed by atoms with Crippen molar-refractivity contribution in [1.29, 1.82) is 0 Å². The maximum absolute atomic E-state index is 9.90. The van der Waals surface area contributed by atoms with Crippen LogP contribution in [0, 0.1) is 6.54 Å². The van der Waals surface area contributed by atoms with E-state index in [2.05, 4.69) is 13.8 Å². The molecular formula is C12H24NOY-. The Hall–Kier alpha value is 0.574. The van der Waals surface area contributed by atoms with Gasteiger partial charge < -0.3 is 4.90 Å². The maximum Gasteiger partial charge on any atom is 0.180 e. The fraction of sp³-hybridized carbons (Fsp3) is 0.833. The summed E-state index contributed by atoms with van der Waals surface area (Å²) < 4.78 is 0. The van der Waals surface area contributed by atoms with Gasteiger partial charge >= 0.3 is 0 Å². The number of rotatable bonds is 2. The third-order valence-corrected chi connectivity index (χ3v) is 1.97. The minimum atomic E-state index is 0. The number of carbonyl (C=O) groups excluding carboxylic acids is 1. The third-order valence-electron chi connectivity index (χ3n) is 1.97. The quantitative estimate of drug-likeness (QED) is 0.563. The molecule has 0 atom stereocenters. The number of nitrogens with zero attached hydrogens (tertiary/aromatic N) is 1. The van der Waals surface area contributed by atoms with Crippen LogP contribution in [-0.2, 0) is 37.5 Å². The fourth-order valence-corrected chi connectivity index (χ4v) is 0.718. The number of likely N-dealkylation sites (tertiary alicyclic amines) is 1. The second-order valence-corrected chi connectivity index (χ2v) is 3.73. The Morgan fingerprint density at radius 3 is 1.80 bits per heavy atom. The molecule has 87 valence electrons. The normalized spacial score (nSPS) is 16.3. The molecule has 0 N–H and O–H groups in total. The van der Waals surface area contributed by atoms with Gasteiger partial charge in [0.1, 0.15) is 0 Å². The van der Waals surface area contributed by atoms with E-state index in [9.17, 15) is 4.79 Å². The first kappa shape index (κ1) is 18.0. The van der Waals surface area contributed by atoms with Crippen molar-refractivity contribution in [3.8, 4) is 0 Å². The van der Waals surface area contributed by atoms with Crippen molar-refractivity contribution in [3.05, 3.63) is 6.54 Å². The Bertz CT molecular complexity index is 118. The summed E-state index contributed by atoms with van der Waals surface area (Å²) in [5.74, 6) is 0. The Balaban J connectivity index is 0. The van der Waals surface area contributed by atoms with Crippen LogP contribution < -0.4 is 0 Å². The summed E-state index contributed by atoms with van der Waals surface area (Å²) in [6.45, 7) is 7.20. The summed E-state index contributed by atoms with van der Waals surface area (Å²) in [6.07, 6.45) is 10.2. The molecule has 1 saturated carbocycles. The molecule has 1 heterocycles. The first-order chi connectivity index (χ1) is 6.85. The SMILES string of the molecule is C1CC1.CCCC.O=CN1[CH-]CCC1.[Y]. The molecule has 0 aromatic carbocycles. The van der Waals surface area contributed by atoms with E-state index >= 15 is 0 Å². The van der Waals surface area contributed by atoms with E-state index in [1.807, 2.05) is 6.54 Å². The second-order valence-electron chi connectivity index (χ2n) is 3.73. The standard InChI is InChI=1S/C5H8NO.C4H10.C3H6.Y/c7-5-6-3-1-2-4-6;1-3-4-2;1-2-3-1;/h3,5H,1-2,4H2;3-4H2,1-2H3;1-3H2;/q-1;;;. The first-order valence-electron chi connectivity index (χ1n) is 5.89. The second kappa shape index (κ2) is 14.6. The van der Waals surface area contributed by atoms with E-state index in [1.54, 1.807) is 4.90 Å². The summed E-state index contributed by atoms with van der Waals surface area (Å²) >= 11 is 0. The van der Waals surface area contributed by atoms with Crippen LogP contribution in [0.4, 0.5) is 0 Å². The average Bonchev–Trinajstić information content (AvgIpc) is 3.03. The Morgan fingerprint density at radius 1 is 1.13 bits per heavy atom. The summed E-state index contributed by atoms with van der Waals surface area (Å²) in [4.78, 5) is 11.6. The predicted molar refractivity (Wildman–Crippen MR) is 60.7 cm³/mol. The number of hydrogen-bond acceptors (Lipinski definition) is 1. The number of unbranched alkanes of at least 4 members (excludes halogenated alkanes) is 1. The van der Waals surface area contributed by atoms with Crippen LogP contribution in [0.1, 0.15) is 58.8 Å². The van der Waals surface area contributed by atoms with Crippen LogP contribution in [0.3, 0.4) is 0 Å². The summed E-state index contributed by atoms with van der Waals surface area (Å²) in [5.41, 5.74) is 0. The number of carbonyl (C=O) groups is 1. The molecule has 1 aliphatic heterocycles. The van der Waals surface area contributed by atoms with Gasteiger partial charge in [-0.05, 0) is 6.54 Å². The largest absolute Gasteiger partial charge is 0.496 e. The van der Waals surface area contributed by atoms with Crippen molar-refractivity contribution >= 4 is 6.41 Å². The summed E-state index contributed by atoms with van der Waals surface area (Å²) in [6, 6.07) is 0. The van der Waals surface area contributed by atoms with E-state index in [-0.39, 0.29) is 32.7 Å². The maximum atomic E-state index is 9.90. The topological polar surface area (TPSA) is 20.3 Å². The van der Waals surface area contributed by atoms with Crippen molar-refractivity contribution < 1.29 is 37.5 Å². The first-order valence-corrected chi connectivity index (χ1v) is 5.89. The van der Waals surface area contributed by atoms with Crippen LogP contribution >= 0.6 is 0 Å². The van der Waals surface area contributed by atoms with Crippen molar-refractivity contribution in [2.45, 2.75) is 58.8 Å². The van der Waals surface area contributed by atoms with Crippen molar-refractivity contribution in [1.82, 2.24) is 4.90 Å². The average molecular weight is 287 g/mol. The third kappa shape index (κ3) is 17.2. The molecule has 3 heteroatoms. The molecule has 0 bridgehead atoms. The van der Waals surface area contributed by atoms with Gasteiger partial charge in [-0.1, -0.05) is 52.4 Å². The summed E-state index contributed by atoms with van der Waals surface area (Å²) in [7, 11) is 0. The van der Waals surface area contributed by atoms with Crippen molar-refractivity contribution in [2.75, 3.05) is 6.54 Å². The van der Waals surface area contributed by atoms with Gasteiger partial charge in [-0.15, -0.1) is 0 Å². The zero-order valence-corrected chi connectivity index (χ0v) is 13.1. The Labute approximate surface area is 120 Å². The smallest absolute Gasteiger partial charge is 0.180 e. The van der Waals surface area contributed by atoms with Crippen LogP contribution in [0.2, 0.25) is 0 Å². The minimum absolute atomic E-state index is 0. The van der Waals surface area contributed by atoms with Crippen LogP contribution in [0.25, 0.3) is 0 Å². The monoisotopic (exact) mass is 287 g/mol. The molecule has 15 heavy (non-hydrogen) atoms.